The average molecular weight is 282 g/mol. The van der Waals surface area contributed by atoms with Crippen molar-refractivity contribution in [2.45, 2.75) is 31.2 Å². The Labute approximate surface area is 119 Å². The lowest BCUT2D eigenvalue weighted by atomic mass is 9.98. The molecule has 4 heteroatoms. The summed E-state index contributed by atoms with van der Waals surface area (Å²) in [6, 6.07) is 9.79. The van der Waals surface area contributed by atoms with E-state index in [0.717, 1.165) is 18.4 Å². The third-order valence-corrected chi connectivity index (χ3v) is 3.97. The summed E-state index contributed by atoms with van der Waals surface area (Å²) < 4.78 is 5.53. The van der Waals surface area contributed by atoms with Gasteiger partial charge >= 0.3 is 0 Å². The Morgan fingerprint density at radius 2 is 2.21 bits per heavy atom. The Morgan fingerprint density at radius 1 is 1.47 bits per heavy atom. The second kappa shape index (κ2) is 6.92. The zero-order chi connectivity index (χ0) is 13.7. The first-order valence-electron chi connectivity index (χ1n) is 6.80. The predicted octanol–water partition coefficient (Wildman–Crippen LogP) is 2.90. The molecule has 104 valence electrons. The lowest BCUT2D eigenvalue weighted by molar-refractivity contribution is -0.126. The van der Waals surface area contributed by atoms with Gasteiger partial charge in [0.05, 0.1) is 17.4 Å². The fourth-order valence-corrected chi connectivity index (χ4v) is 2.67. The van der Waals surface area contributed by atoms with E-state index >= 15 is 0 Å². The molecule has 2 rings (SSSR count). The number of rotatable bonds is 5. The number of nitrogens with one attached hydrogen (secondary N) is 1. The molecule has 1 heterocycles. The van der Waals surface area contributed by atoms with E-state index in [0.29, 0.717) is 13.2 Å². The van der Waals surface area contributed by atoms with Crippen LogP contribution < -0.4 is 5.32 Å². The molecule has 1 aromatic rings. The average Bonchev–Trinajstić information content (AvgIpc) is 2.93. The molecule has 0 aliphatic carbocycles. The van der Waals surface area contributed by atoms with Gasteiger partial charge in [0.1, 0.15) is 0 Å². The third-order valence-electron chi connectivity index (χ3n) is 3.57. The van der Waals surface area contributed by atoms with Crippen molar-refractivity contribution in [3.05, 3.63) is 35.9 Å². The van der Waals surface area contributed by atoms with Crippen molar-refractivity contribution in [1.82, 2.24) is 5.32 Å². The number of ether oxygens (including phenoxy) is 1. The van der Waals surface area contributed by atoms with Crippen LogP contribution in [0.3, 0.4) is 0 Å². The van der Waals surface area contributed by atoms with E-state index in [1.807, 2.05) is 37.3 Å². The Bertz CT molecular complexity index is 410. The van der Waals surface area contributed by atoms with Crippen LogP contribution in [-0.2, 0) is 9.53 Å². The molecule has 0 aromatic heterocycles. The first-order valence-corrected chi connectivity index (χ1v) is 7.24. The molecule has 1 amide bonds. The number of benzene rings is 1. The first-order chi connectivity index (χ1) is 9.22. The highest BCUT2D eigenvalue weighted by Gasteiger charge is 2.32. The summed E-state index contributed by atoms with van der Waals surface area (Å²) in [6.07, 6.45) is 1.74. The van der Waals surface area contributed by atoms with Crippen LogP contribution in [0.15, 0.2) is 30.3 Å². The molecule has 1 saturated heterocycles. The van der Waals surface area contributed by atoms with Crippen molar-refractivity contribution in [3.8, 4) is 0 Å². The minimum Gasteiger partial charge on any atom is -0.377 e. The largest absolute Gasteiger partial charge is 0.377 e. The Hall–Kier alpha value is -1.06. The molecule has 0 radical (unpaired) electrons. The molecule has 0 bridgehead atoms. The van der Waals surface area contributed by atoms with Gasteiger partial charge in [0.2, 0.25) is 5.91 Å². The maximum Gasteiger partial charge on any atom is 0.225 e. The number of hydrogen-bond donors (Lipinski definition) is 1. The quantitative estimate of drug-likeness (QED) is 0.843. The second-order valence-electron chi connectivity index (χ2n) is 4.84. The Kier molecular flexibility index (Phi) is 5.23. The fourth-order valence-electron chi connectivity index (χ4n) is 2.45. The predicted molar refractivity (Wildman–Crippen MR) is 76.2 cm³/mol. The lowest BCUT2D eigenvalue weighted by Crippen LogP contribution is -2.36. The van der Waals surface area contributed by atoms with Crippen LogP contribution in [0.2, 0.25) is 0 Å². The van der Waals surface area contributed by atoms with Crippen LogP contribution in [0.1, 0.15) is 30.7 Å². The highest BCUT2D eigenvalue weighted by Crippen LogP contribution is 2.24. The first kappa shape index (κ1) is 14.4. The number of carbonyl (C=O) groups is 1. The van der Waals surface area contributed by atoms with Crippen LogP contribution in [0.5, 0.6) is 0 Å². The van der Waals surface area contributed by atoms with E-state index in [1.54, 1.807) is 0 Å². The molecule has 1 aromatic carbocycles. The van der Waals surface area contributed by atoms with Crippen LogP contribution in [0.25, 0.3) is 0 Å². The van der Waals surface area contributed by atoms with Crippen molar-refractivity contribution >= 4 is 17.5 Å². The monoisotopic (exact) mass is 281 g/mol. The lowest BCUT2D eigenvalue weighted by Gasteiger charge is -2.18. The number of alkyl halides is 1. The van der Waals surface area contributed by atoms with Gasteiger partial charge in [0, 0.05) is 13.2 Å². The van der Waals surface area contributed by atoms with Gasteiger partial charge in [0.25, 0.3) is 0 Å². The summed E-state index contributed by atoms with van der Waals surface area (Å²) >= 11 is 6.28. The molecular formula is C15H20ClNO2. The van der Waals surface area contributed by atoms with Gasteiger partial charge in [-0.1, -0.05) is 37.3 Å². The van der Waals surface area contributed by atoms with Gasteiger partial charge in [-0.05, 0) is 18.4 Å². The highest BCUT2D eigenvalue weighted by molar-refractivity contribution is 6.21. The van der Waals surface area contributed by atoms with Crippen molar-refractivity contribution in [2.75, 3.05) is 13.2 Å². The zero-order valence-electron chi connectivity index (χ0n) is 11.1. The molecule has 0 saturated carbocycles. The highest BCUT2D eigenvalue weighted by atomic mass is 35.5. The molecule has 3 atom stereocenters. The van der Waals surface area contributed by atoms with E-state index in [-0.39, 0.29) is 23.3 Å². The van der Waals surface area contributed by atoms with Crippen molar-refractivity contribution in [3.63, 3.8) is 0 Å². The summed E-state index contributed by atoms with van der Waals surface area (Å²) in [5.41, 5.74) is 1.03. The zero-order valence-corrected chi connectivity index (χ0v) is 11.9. The summed E-state index contributed by atoms with van der Waals surface area (Å²) in [6.45, 7) is 3.18. The summed E-state index contributed by atoms with van der Waals surface area (Å²) in [5, 5.41) is 2.75. The molecule has 3 unspecified atom stereocenters. The summed E-state index contributed by atoms with van der Waals surface area (Å²) in [5.74, 6) is 0.0376. The minimum atomic E-state index is -0.187. The molecule has 1 N–H and O–H groups in total. The number of carbonyl (C=O) groups excluding carboxylic acids is 1. The van der Waals surface area contributed by atoms with Crippen LogP contribution in [0, 0.1) is 5.92 Å². The normalized spacial score (nSPS) is 24.1. The topological polar surface area (TPSA) is 38.3 Å². The van der Waals surface area contributed by atoms with E-state index < -0.39 is 0 Å². The summed E-state index contributed by atoms with van der Waals surface area (Å²) in [7, 11) is 0. The number of amides is 1. The maximum atomic E-state index is 12.1. The van der Waals surface area contributed by atoms with E-state index in [4.69, 9.17) is 16.3 Å². The van der Waals surface area contributed by atoms with E-state index in [1.165, 1.54) is 0 Å². The van der Waals surface area contributed by atoms with E-state index in [9.17, 15) is 4.79 Å². The van der Waals surface area contributed by atoms with Crippen LogP contribution in [-0.4, -0.2) is 25.2 Å². The van der Waals surface area contributed by atoms with E-state index in [2.05, 4.69) is 5.32 Å². The second-order valence-corrected chi connectivity index (χ2v) is 5.36. The van der Waals surface area contributed by atoms with Crippen molar-refractivity contribution in [1.29, 1.82) is 0 Å². The standard InChI is InChI=1S/C15H20ClNO2/c1-2-14-12(8-9-19-14)15(18)17-10-13(16)11-6-4-3-5-7-11/h3-7,12-14H,2,8-10H2,1H3,(H,17,18). The van der Waals surface area contributed by atoms with Gasteiger partial charge in [-0.15, -0.1) is 11.6 Å². The molecule has 1 aliphatic rings. The van der Waals surface area contributed by atoms with Crippen molar-refractivity contribution in [2.24, 2.45) is 5.92 Å². The Morgan fingerprint density at radius 3 is 2.89 bits per heavy atom. The smallest absolute Gasteiger partial charge is 0.225 e. The molecule has 1 aliphatic heterocycles. The van der Waals surface area contributed by atoms with Gasteiger partial charge in [-0.25, -0.2) is 0 Å². The minimum absolute atomic E-state index is 0.0235. The van der Waals surface area contributed by atoms with Gasteiger partial charge in [-0.3, -0.25) is 4.79 Å². The molecule has 3 nitrogen and oxygen atoms in total. The van der Waals surface area contributed by atoms with Gasteiger partial charge < -0.3 is 10.1 Å². The van der Waals surface area contributed by atoms with Gasteiger partial charge in [0.15, 0.2) is 0 Å². The fraction of sp³-hybridized carbons (Fsp3) is 0.533. The summed E-state index contributed by atoms with van der Waals surface area (Å²) in [4.78, 5) is 12.1. The third kappa shape index (κ3) is 3.71. The van der Waals surface area contributed by atoms with Crippen LogP contribution in [0.4, 0.5) is 0 Å². The number of hydrogen-bond acceptors (Lipinski definition) is 2. The Balaban J connectivity index is 1.83. The number of halogens is 1. The maximum absolute atomic E-state index is 12.1. The van der Waals surface area contributed by atoms with Crippen molar-refractivity contribution < 1.29 is 9.53 Å². The molecule has 1 fully saturated rings. The molecule has 19 heavy (non-hydrogen) atoms. The SMILES string of the molecule is CCC1OCCC1C(=O)NCC(Cl)c1ccccc1. The molecular weight excluding hydrogens is 262 g/mol. The van der Waals surface area contributed by atoms with Crippen LogP contribution >= 0.6 is 11.6 Å². The van der Waals surface area contributed by atoms with Gasteiger partial charge in [-0.2, -0.15) is 0 Å². The molecule has 0 spiro atoms.